The van der Waals surface area contributed by atoms with Crippen LogP contribution in [0.3, 0.4) is 0 Å². The Morgan fingerprint density at radius 2 is 1.68 bits per heavy atom. The van der Waals surface area contributed by atoms with Gasteiger partial charge in [-0.1, -0.05) is 39.5 Å². The van der Waals surface area contributed by atoms with Crippen molar-refractivity contribution in [1.29, 1.82) is 0 Å². The molecule has 0 radical (unpaired) electrons. The minimum absolute atomic E-state index is 0.317. The summed E-state index contributed by atoms with van der Waals surface area (Å²) in [6.45, 7) is 13.2. The van der Waals surface area contributed by atoms with Crippen LogP contribution in [0.2, 0.25) is 0 Å². The summed E-state index contributed by atoms with van der Waals surface area (Å²) in [4.78, 5) is 2.71. The maximum Gasteiger partial charge on any atom is 0.0306 e. The van der Waals surface area contributed by atoms with Crippen LogP contribution in [-0.4, -0.2) is 36.1 Å². The summed E-state index contributed by atoms with van der Waals surface area (Å²) in [5.41, 5.74) is 0.317. The second-order valence-corrected chi connectivity index (χ2v) is 6.70. The molecule has 1 aliphatic rings. The van der Waals surface area contributed by atoms with Crippen LogP contribution in [0.5, 0.6) is 0 Å². The van der Waals surface area contributed by atoms with Crippen LogP contribution >= 0.6 is 0 Å². The first-order chi connectivity index (χ1) is 9.12. The monoisotopic (exact) mass is 268 g/mol. The van der Waals surface area contributed by atoms with E-state index < -0.39 is 0 Å². The Morgan fingerprint density at radius 1 is 1.00 bits per heavy atom. The SMILES string of the molecule is CCCCCCC(NCCC)C(C)(C)N1CCCC1. The van der Waals surface area contributed by atoms with Gasteiger partial charge in [0.05, 0.1) is 0 Å². The highest BCUT2D eigenvalue weighted by Crippen LogP contribution is 2.27. The van der Waals surface area contributed by atoms with Gasteiger partial charge >= 0.3 is 0 Å². The van der Waals surface area contributed by atoms with Crippen molar-refractivity contribution < 1.29 is 0 Å². The van der Waals surface area contributed by atoms with Crippen molar-refractivity contribution in [2.45, 2.75) is 90.6 Å². The summed E-state index contributed by atoms with van der Waals surface area (Å²) in [5.74, 6) is 0. The first-order valence-electron chi connectivity index (χ1n) is 8.61. The number of unbranched alkanes of at least 4 members (excludes halogenated alkanes) is 3. The number of hydrogen-bond acceptors (Lipinski definition) is 2. The molecule has 1 aliphatic heterocycles. The molecule has 19 heavy (non-hydrogen) atoms. The van der Waals surface area contributed by atoms with E-state index in [2.05, 4.69) is 37.9 Å². The van der Waals surface area contributed by atoms with Gasteiger partial charge < -0.3 is 5.32 Å². The first kappa shape index (κ1) is 17.0. The number of nitrogens with zero attached hydrogens (tertiary/aromatic N) is 1. The zero-order valence-corrected chi connectivity index (χ0v) is 13.8. The molecule has 0 aromatic heterocycles. The highest BCUT2D eigenvalue weighted by atomic mass is 15.2. The molecule has 1 atom stereocenters. The lowest BCUT2D eigenvalue weighted by Crippen LogP contribution is -2.57. The predicted molar refractivity (Wildman–Crippen MR) is 85.7 cm³/mol. The zero-order chi connectivity index (χ0) is 14.1. The third-order valence-electron chi connectivity index (χ3n) is 4.76. The Hall–Kier alpha value is -0.0800. The fourth-order valence-corrected chi connectivity index (χ4v) is 3.31. The Labute approximate surface area is 121 Å². The maximum atomic E-state index is 3.82. The Bertz CT molecular complexity index is 219. The van der Waals surface area contributed by atoms with Crippen LogP contribution in [-0.2, 0) is 0 Å². The van der Waals surface area contributed by atoms with Crippen LogP contribution < -0.4 is 5.32 Å². The van der Waals surface area contributed by atoms with Gasteiger partial charge in [-0.15, -0.1) is 0 Å². The van der Waals surface area contributed by atoms with E-state index in [0.717, 1.165) is 6.54 Å². The van der Waals surface area contributed by atoms with Gasteiger partial charge in [0, 0.05) is 11.6 Å². The quantitative estimate of drug-likeness (QED) is 0.597. The van der Waals surface area contributed by atoms with Gasteiger partial charge in [0.15, 0.2) is 0 Å². The van der Waals surface area contributed by atoms with Gasteiger partial charge in [-0.3, -0.25) is 4.90 Å². The molecular weight excluding hydrogens is 232 g/mol. The first-order valence-corrected chi connectivity index (χ1v) is 8.61. The molecule has 2 nitrogen and oxygen atoms in total. The van der Waals surface area contributed by atoms with Crippen molar-refractivity contribution in [1.82, 2.24) is 10.2 Å². The lowest BCUT2D eigenvalue weighted by Gasteiger charge is -2.43. The van der Waals surface area contributed by atoms with E-state index in [1.165, 1.54) is 64.5 Å². The van der Waals surface area contributed by atoms with E-state index in [4.69, 9.17) is 0 Å². The number of nitrogens with one attached hydrogen (secondary N) is 1. The maximum absolute atomic E-state index is 3.82. The molecule has 1 saturated heterocycles. The predicted octanol–water partition coefficient (Wildman–Crippen LogP) is 4.20. The van der Waals surface area contributed by atoms with E-state index in [1.54, 1.807) is 0 Å². The number of likely N-dealkylation sites (tertiary alicyclic amines) is 1. The smallest absolute Gasteiger partial charge is 0.0306 e. The molecule has 1 unspecified atom stereocenters. The third kappa shape index (κ3) is 5.43. The van der Waals surface area contributed by atoms with E-state index in [-0.39, 0.29) is 0 Å². The molecule has 0 aromatic carbocycles. The highest BCUT2D eigenvalue weighted by Gasteiger charge is 2.35. The van der Waals surface area contributed by atoms with E-state index >= 15 is 0 Å². The molecule has 1 heterocycles. The summed E-state index contributed by atoms with van der Waals surface area (Å²) < 4.78 is 0. The second-order valence-electron chi connectivity index (χ2n) is 6.70. The van der Waals surface area contributed by atoms with Gasteiger partial charge in [-0.05, 0) is 59.2 Å². The Kier molecular flexibility index (Phi) is 8.01. The lowest BCUT2D eigenvalue weighted by molar-refractivity contribution is 0.101. The van der Waals surface area contributed by atoms with Crippen molar-refractivity contribution in [3.8, 4) is 0 Å². The number of hydrogen-bond donors (Lipinski definition) is 1. The van der Waals surface area contributed by atoms with Crippen molar-refractivity contribution in [2.24, 2.45) is 0 Å². The molecule has 1 rings (SSSR count). The summed E-state index contributed by atoms with van der Waals surface area (Å²) in [7, 11) is 0. The molecule has 0 bridgehead atoms. The molecule has 0 saturated carbocycles. The molecule has 2 heteroatoms. The molecule has 0 spiro atoms. The van der Waals surface area contributed by atoms with Gasteiger partial charge in [0.2, 0.25) is 0 Å². The summed E-state index contributed by atoms with van der Waals surface area (Å²) in [5, 5.41) is 3.82. The van der Waals surface area contributed by atoms with Crippen LogP contribution in [0.25, 0.3) is 0 Å². The molecule has 1 fully saturated rings. The lowest BCUT2D eigenvalue weighted by atomic mass is 9.88. The van der Waals surface area contributed by atoms with Crippen molar-refractivity contribution in [2.75, 3.05) is 19.6 Å². The second kappa shape index (κ2) is 8.97. The average molecular weight is 268 g/mol. The van der Waals surface area contributed by atoms with Gasteiger partial charge in [0.25, 0.3) is 0 Å². The summed E-state index contributed by atoms with van der Waals surface area (Å²) in [6.07, 6.45) is 10.9. The normalized spacial score (nSPS) is 18.9. The fourth-order valence-electron chi connectivity index (χ4n) is 3.31. The molecule has 1 N–H and O–H groups in total. The third-order valence-corrected chi connectivity index (χ3v) is 4.76. The topological polar surface area (TPSA) is 15.3 Å². The molecule has 0 aliphatic carbocycles. The van der Waals surface area contributed by atoms with Crippen molar-refractivity contribution >= 4 is 0 Å². The summed E-state index contributed by atoms with van der Waals surface area (Å²) >= 11 is 0. The largest absolute Gasteiger partial charge is 0.312 e. The van der Waals surface area contributed by atoms with Crippen LogP contribution in [0.15, 0.2) is 0 Å². The fraction of sp³-hybridized carbons (Fsp3) is 1.00. The van der Waals surface area contributed by atoms with Gasteiger partial charge in [0.1, 0.15) is 0 Å². The minimum Gasteiger partial charge on any atom is -0.312 e. The van der Waals surface area contributed by atoms with Crippen LogP contribution in [0.1, 0.15) is 79.1 Å². The Balaban J connectivity index is 2.49. The van der Waals surface area contributed by atoms with E-state index in [0.29, 0.717) is 11.6 Å². The van der Waals surface area contributed by atoms with Crippen LogP contribution in [0, 0.1) is 0 Å². The van der Waals surface area contributed by atoms with E-state index in [9.17, 15) is 0 Å². The molecule has 114 valence electrons. The van der Waals surface area contributed by atoms with Crippen molar-refractivity contribution in [3.63, 3.8) is 0 Å². The standard InChI is InChI=1S/C17H36N2/c1-5-7-8-9-12-16(18-13-6-2)17(3,4)19-14-10-11-15-19/h16,18H,5-15H2,1-4H3. The van der Waals surface area contributed by atoms with Crippen LogP contribution in [0.4, 0.5) is 0 Å². The highest BCUT2D eigenvalue weighted by molar-refractivity contribution is 4.95. The number of rotatable bonds is 10. The van der Waals surface area contributed by atoms with Gasteiger partial charge in [-0.25, -0.2) is 0 Å². The zero-order valence-electron chi connectivity index (χ0n) is 13.8. The van der Waals surface area contributed by atoms with E-state index in [1.807, 2.05) is 0 Å². The summed E-state index contributed by atoms with van der Waals surface area (Å²) in [6, 6.07) is 0.655. The molecule has 0 aromatic rings. The molecular formula is C17H36N2. The minimum atomic E-state index is 0.317. The van der Waals surface area contributed by atoms with Gasteiger partial charge in [-0.2, -0.15) is 0 Å². The molecule has 0 amide bonds. The Morgan fingerprint density at radius 3 is 2.26 bits per heavy atom. The average Bonchev–Trinajstić information content (AvgIpc) is 2.92. The van der Waals surface area contributed by atoms with Crippen molar-refractivity contribution in [3.05, 3.63) is 0 Å².